The maximum atomic E-state index is 12.0. The lowest BCUT2D eigenvalue weighted by Crippen LogP contribution is -2.08. The molecule has 0 aliphatic heterocycles. The van der Waals surface area contributed by atoms with Crippen molar-refractivity contribution in [3.05, 3.63) is 58.7 Å². The summed E-state index contributed by atoms with van der Waals surface area (Å²) in [6.07, 6.45) is 0.815. The van der Waals surface area contributed by atoms with Crippen LogP contribution in [0.4, 0.5) is 0 Å². The highest BCUT2D eigenvalue weighted by atomic mass is 16.5. The Morgan fingerprint density at radius 1 is 1.17 bits per heavy atom. The summed E-state index contributed by atoms with van der Waals surface area (Å²) in [5.74, 6) is -0.284. The zero-order chi connectivity index (χ0) is 17.1. The molecule has 0 unspecified atom stereocenters. The molecule has 3 rings (SSSR count). The molecule has 0 atom stereocenters. The Hall–Kier alpha value is -2.69. The summed E-state index contributed by atoms with van der Waals surface area (Å²) in [5, 5.41) is 8.48. The maximum absolute atomic E-state index is 12.0. The van der Waals surface area contributed by atoms with Crippen molar-refractivity contribution in [3.8, 4) is 0 Å². The van der Waals surface area contributed by atoms with Crippen molar-refractivity contribution >= 4 is 17.0 Å². The quantitative estimate of drug-likeness (QED) is 0.672. The first-order valence-corrected chi connectivity index (χ1v) is 8.15. The first kappa shape index (κ1) is 16.2. The third kappa shape index (κ3) is 3.30. The first-order chi connectivity index (χ1) is 11.6. The van der Waals surface area contributed by atoms with Crippen molar-refractivity contribution in [1.29, 1.82) is 0 Å². The van der Waals surface area contributed by atoms with Gasteiger partial charge in [0.1, 0.15) is 5.52 Å². The van der Waals surface area contributed by atoms with Crippen LogP contribution in [0.15, 0.2) is 36.4 Å². The van der Waals surface area contributed by atoms with Gasteiger partial charge in [-0.05, 0) is 61.2 Å². The smallest absolute Gasteiger partial charge is 0.338 e. The van der Waals surface area contributed by atoms with E-state index in [9.17, 15) is 4.79 Å². The number of fused-ring (bicyclic) bond motifs is 1. The topological polar surface area (TPSA) is 57.0 Å². The lowest BCUT2D eigenvalue weighted by molar-refractivity contribution is 0.0505. The minimum Gasteiger partial charge on any atom is -0.462 e. The Morgan fingerprint density at radius 2 is 1.96 bits per heavy atom. The van der Waals surface area contributed by atoms with Gasteiger partial charge in [-0.15, -0.1) is 5.10 Å². The summed E-state index contributed by atoms with van der Waals surface area (Å²) in [6.45, 7) is 7.13. The third-order valence-electron chi connectivity index (χ3n) is 4.06. The summed E-state index contributed by atoms with van der Waals surface area (Å²) in [7, 11) is 0. The predicted octanol–water partition coefficient (Wildman–Crippen LogP) is 3.66. The minimum absolute atomic E-state index is 0.284. The molecule has 1 aromatic heterocycles. The van der Waals surface area contributed by atoms with Crippen molar-refractivity contribution in [3.63, 3.8) is 0 Å². The van der Waals surface area contributed by atoms with Crippen LogP contribution in [0.1, 0.15) is 40.4 Å². The van der Waals surface area contributed by atoms with Crippen LogP contribution in [0.25, 0.3) is 11.0 Å². The number of nitrogens with zero attached hydrogens (tertiary/aromatic N) is 3. The Morgan fingerprint density at radius 3 is 2.75 bits per heavy atom. The molecule has 124 valence electrons. The predicted molar refractivity (Wildman–Crippen MR) is 93.1 cm³/mol. The molecule has 0 saturated carbocycles. The van der Waals surface area contributed by atoms with Gasteiger partial charge in [-0.1, -0.05) is 24.3 Å². The van der Waals surface area contributed by atoms with E-state index in [2.05, 4.69) is 30.2 Å². The molecule has 1 heterocycles. The first-order valence-electron chi connectivity index (χ1n) is 8.15. The van der Waals surface area contributed by atoms with Gasteiger partial charge in [0.25, 0.3) is 0 Å². The summed E-state index contributed by atoms with van der Waals surface area (Å²) in [5.41, 5.74) is 5.86. The number of hydrogen-bond donors (Lipinski definition) is 0. The molecule has 0 amide bonds. The summed E-state index contributed by atoms with van der Waals surface area (Å²) in [4.78, 5) is 12.0. The molecule has 3 aromatic rings. The SMILES string of the molecule is CCCOC(=O)c1cccc(Cn2nnc3cc(C)c(C)cc32)c1. The van der Waals surface area contributed by atoms with E-state index in [1.807, 2.05) is 35.9 Å². The van der Waals surface area contributed by atoms with Gasteiger partial charge in [-0.25, -0.2) is 9.48 Å². The van der Waals surface area contributed by atoms with E-state index in [0.29, 0.717) is 18.7 Å². The molecule has 0 aliphatic carbocycles. The second kappa shape index (κ2) is 6.83. The van der Waals surface area contributed by atoms with Crippen LogP contribution in [0.2, 0.25) is 0 Å². The molecule has 5 heteroatoms. The standard InChI is InChI=1S/C19H21N3O2/c1-4-8-24-19(23)16-7-5-6-15(11-16)12-22-18-10-14(3)13(2)9-17(18)20-21-22/h5-7,9-11H,4,8,12H2,1-3H3. The molecular weight excluding hydrogens is 302 g/mol. The van der Waals surface area contributed by atoms with E-state index < -0.39 is 0 Å². The second-order valence-corrected chi connectivity index (χ2v) is 6.01. The summed E-state index contributed by atoms with van der Waals surface area (Å²) >= 11 is 0. The van der Waals surface area contributed by atoms with E-state index in [0.717, 1.165) is 23.0 Å². The Bertz CT molecular complexity index is 883. The van der Waals surface area contributed by atoms with Crippen LogP contribution in [-0.2, 0) is 11.3 Å². The maximum Gasteiger partial charge on any atom is 0.338 e. The Balaban J connectivity index is 1.86. The third-order valence-corrected chi connectivity index (χ3v) is 4.06. The van der Waals surface area contributed by atoms with Crippen molar-refractivity contribution in [2.45, 2.75) is 33.7 Å². The zero-order valence-electron chi connectivity index (χ0n) is 14.2. The fourth-order valence-electron chi connectivity index (χ4n) is 2.59. The van der Waals surface area contributed by atoms with Gasteiger partial charge in [-0.2, -0.15) is 0 Å². The van der Waals surface area contributed by atoms with E-state index in [-0.39, 0.29) is 5.97 Å². The number of carbonyl (C=O) groups is 1. The average Bonchev–Trinajstić information content (AvgIpc) is 2.95. The molecule has 5 nitrogen and oxygen atoms in total. The second-order valence-electron chi connectivity index (χ2n) is 6.01. The van der Waals surface area contributed by atoms with Gasteiger partial charge in [0, 0.05) is 0 Å². The number of rotatable bonds is 5. The molecular formula is C19H21N3O2. The fourth-order valence-corrected chi connectivity index (χ4v) is 2.59. The monoisotopic (exact) mass is 323 g/mol. The summed E-state index contributed by atoms with van der Waals surface area (Å²) in [6, 6.07) is 11.6. The van der Waals surface area contributed by atoms with Crippen LogP contribution < -0.4 is 0 Å². The largest absolute Gasteiger partial charge is 0.462 e. The highest BCUT2D eigenvalue weighted by molar-refractivity contribution is 5.89. The number of carbonyl (C=O) groups excluding carboxylic acids is 1. The fraction of sp³-hybridized carbons (Fsp3) is 0.316. The van der Waals surface area contributed by atoms with E-state index >= 15 is 0 Å². The molecule has 0 radical (unpaired) electrons. The molecule has 0 saturated heterocycles. The number of aromatic nitrogens is 3. The molecule has 2 aromatic carbocycles. The van der Waals surface area contributed by atoms with Gasteiger partial charge in [0.2, 0.25) is 0 Å². The molecule has 0 aliphatic rings. The molecule has 0 spiro atoms. The average molecular weight is 323 g/mol. The van der Waals surface area contributed by atoms with Gasteiger partial charge in [-0.3, -0.25) is 0 Å². The normalized spacial score (nSPS) is 11.0. The van der Waals surface area contributed by atoms with Crippen molar-refractivity contribution < 1.29 is 9.53 Å². The number of esters is 1. The number of benzene rings is 2. The van der Waals surface area contributed by atoms with Crippen molar-refractivity contribution in [1.82, 2.24) is 15.0 Å². The number of hydrogen-bond acceptors (Lipinski definition) is 4. The van der Waals surface area contributed by atoms with Crippen LogP contribution >= 0.6 is 0 Å². The Labute approximate surface area is 141 Å². The van der Waals surface area contributed by atoms with E-state index in [1.54, 1.807) is 6.07 Å². The highest BCUT2D eigenvalue weighted by Crippen LogP contribution is 2.18. The van der Waals surface area contributed by atoms with Crippen LogP contribution in [0.5, 0.6) is 0 Å². The molecule has 0 fully saturated rings. The summed E-state index contributed by atoms with van der Waals surface area (Å²) < 4.78 is 7.05. The van der Waals surface area contributed by atoms with Crippen molar-refractivity contribution in [2.75, 3.05) is 6.61 Å². The van der Waals surface area contributed by atoms with Gasteiger partial charge in [0.15, 0.2) is 0 Å². The minimum atomic E-state index is -0.284. The van der Waals surface area contributed by atoms with E-state index in [4.69, 9.17) is 4.74 Å². The lowest BCUT2D eigenvalue weighted by atomic mass is 10.1. The lowest BCUT2D eigenvalue weighted by Gasteiger charge is -2.07. The van der Waals surface area contributed by atoms with Crippen LogP contribution in [0, 0.1) is 13.8 Å². The molecule has 0 bridgehead atoms. The molecule has 24 heavy (non-hydrogen) atoms. The number of aryl methyl sites for hydroxylation is 2. The van der Waals surface area contributed by atoms with Crippen LogP contribution in [0.3, 0.4) is 0 Å². The Kier molecular flexibility index (Phi) is 4.60. The van der Waals surface area contributed by atoms with Gasteiger partial charge in [0.05, 0.1) is 24.2 Å². The molecule has 0 N–H and O–H groups in total. The zero-order valence-corrected chi connectivity index (χ0v) is 14.2. The van der Waals surface area contributed by atoms with Gasteiger partial charge >= 0.3 is 5.97 Å². The van der Waals surface area contributed by atoms with Crippen molar-refractivity contribution in [2.24, 2.45) is 0 Å². The highest BCUT2D eigenvalue weighted by Gasteiger charge is 2.10. The van der Waals surface area contributed by atoms with Gasteiger partial charge < -0.3 is 4.74 Å². The van der Waals surface area contributed by atoms with E-state index in [1.165, 1.54) is 11.1 Å². The van der Waals surface area contributed by atoms with Crippen LogP contribution in [-0.4, -0.2) is 27.6 Å². The number of ether oxygens (including phenoxy) is 1.